The topological polar surface area (TPSA) is 81.0 Å². The molecule has 2 heterocycles. The Hall–Kier alpha value is -5.30. The molecular formula is C33H25N3O4. The molecule has 1 atom stereocenters. The number of carbonyl (C=O) groups excluding carboxylic acids is 2. The highest BCUT2D eigenvalue weighted by molar-refractivity contribution is 6.10. The molecule has 1 aromatic heterocycles. The van der Waals surface area contributed by atoms with E-state index < -0.39 is 12.0 Å². The van der Waals surface area contributed by atoms with Crippen molar-refractivity contribution in [2.45, 2.75) is 12.5 Å². The highest BCUT2D eigenvalue weighted by Gasteiger charge is 2.36. The number of aryl methyl sites for hydroxylation is 1. The molecule has 1 aliphatic rings. The molecule has 1 amide bonds. The number of rotatable bonds is 5. The Morgan fingerprint density at radius 3 is 2.02 bits per heavy atom. The van der Waals surface area contributed by atoms with E-state index in [0.717, 1.165) is 5.56 Å². The Balaban J connectivity index is 1.53. The SMILES string of the molecule is Cn1c(=O)c(C2=NN(C(=O)c3ccccc3)[C@H](c3ccccc3)C2)c(OC(=O)c2ccccc2)c2ccccc21. The second-order valence-electron chi connectivity index (χ2n) is 9.53. The van der Waals surface area contributed by atoms with Crippen LogP contribution in [0.5, 0.6) is 5.75 Å². The lowest BCUT2D eigenvalue weighted by atomic mass is 9.97. The van der Waals surface area contributed by atoms with Gasteiger partial charge in [-0.3, -0.25) is 9.59 Å². The number of amides is 1. The summed E-state index contributed by atoms with van der Waals surface area (Å²) >= 11 is 0. The van der Waals surface area contributed by atoms with E-state index in [1.807, 2.05) is 60.7 Å². The molecule has 0 unspecified atom stereocenters. The molecule has 0 radical (unpaired) electrons. The van der Waals surface area contributed by atoms with Gasteiger partial charge in [-0.1, -0.05) is 78.9 Å². The first-order chi connectivity index (χ1) is 19.5. The largest absolute Gasteiger partial charge is 0.421 e. The van der Waals surface area contributed by atoms with E-state index in [4.69, 9.17) is 9.84 Å². The summed E-state index contributed by atoms with van der Waals surface area (Å²) in [6.45, 7) is 0. The van der Waals surface area contributed by atoms with Crippen LogP contribution in [0.1, 0.15) is 44.3 Å². The predicted octanol–water partition coefficient (Wildman–Crippen LogP) is 5.75. The minimum atomic E-state index is -0.587. The maximum Gasteiger partial charge on any atom is 0.343 e. The van der Waals surface area contributed by atoms with E-state index in [0.29, 0.717) is 27.7 Å². The minimum absolute atomic E-state index is 0.132. The lowest BCUT2D eigenvalue weighted by Crippen LogP contribution is -2.27. The zero-order valence-electron chi connectivity index (χ0n) is 21.7. The third kappa shape index (κ3) is 4.47. The van der Waals surface area contributed by atoms with Crippen molar-refractivity contribution in [3.63, 3.8) is 0 Å². The lowest BCUT2D eigenvalue weighted by molar-refractivity contribution is 0.0708. The summed E-state index contributed by atoms with van der Waals surface area (Å²) in [6, 6.07) is 33.9. The van der Waals surface area contributed by atoms with Crippen LogP contribution in [0.15, 0.2) is 125 Å². The number of nitrogens with zero attached hydrogens (tertiary/aromatic N) is 3. The van der Waals surface area contributed by atoms with Gasteiger partial charge in [0, 0.05) is 24.4 Å². The van der Waals surface area contributed by atoms with Gasteiger partial charge in [-0.25, -0.2) is 9.80 Å². The van der Waals surface area contributed by atoms with Crippen LogP contribution in [0, 0.1) is 0 Å². The van der Waals surface area contributed by atoms with Gasteiger partial charge in [-0.15, -0.1) is 0 Å². The van der Waals surface area contributed by atoms with Gasteiger partial charge in [0.25, 0.3) is 11.5 Å². The average Bonchev–Trinajstić information content (AvgIpc) is 3.45. The second-order valence-corrected chi connectivity index (χ2v) is 9.53. The third-order valence-corrected chi connectivity index (χ3v) is 7.07. The quantitative estimate of drug-likeness (QED) is 0.273. The number of hydrogen-bond donors (Lipinski definition) is 0. The van der Waals surface area contributed by atoms with Crippen LogP contribution in [0.4, 0.5) is 0 Å². The van der Waals surface area contributed by atoms with Gasteiger partial charge in [0.05, 0.1) is 22.8 Å². The van der Waals surface area contributed by atoms with Crippen molar-refractivity contribution < 1.29 is 14.3 Å². The molecule has 0 bridgehead atoms. The maximum absolute atomic E-state index is 13.9. The fraction of sp³-hybridized carbons (Fsp3) is 0.0909. The molecule has 0 saturated carbocycles. The molecule has 196 valence electrons. The van der Waals surface area contributed by atoms with Crippen molar-refractivity contribution in [1.82, 2.24) is 9.58 Å². The van der Waals surface area contributed by atoms with Gasteiger partial charge < -0.3 is 9.30 Å². The van der Waals surface area contributed by atoms with E-state index in [1.165, 1.54) is 9.58 Å². The minimum Gasteiger partial charge on any atom is -0.421 e. The van der Waals surface area contributed by atoms with Crippen LogP contribution >= 0.6 is 0 Å². The molecule has 40 heavy (non-hydrogen) atoms. The van der Waals surface area contributed by atoms with E-state index in [9.17, 15) is 14.4 Å². The van der Waals surface area contributed by atoms with Gasteiger partial charge >= 0.3 is 5.97 Å². The highest BCUT2D eigenvalue weighted by atomic mass is 16.5. The van der Waals surface area contributed by atoms with Gasteiger partial charge in [0.2, 0.25) is 0 Å². The molecule has 0 spiro atoms. The molecule has 0 N–H and O–H groups in total. The zero-order chi connectivity index (χ0) is 27.6. The molecule has 4 aromatic carbocycles. The van der Waals surface area contributed by atoms with Crippen molar-refractivity contribution in [3.05, 3.63) is 148 Å². The monoisotopic (exact) mass is 527 g/mol. The first-order valence-electron chi connectivity index (χ1n) is 12.9. The summed E-state index contributed by atoms with van der Waals surface area (Å²) in [6.07, 6.45) is 0.270. The number of hydrogen-bond acceptors (Lipinski definition) is 5. The number of fused-ring (bicyclic) bond motifs is 1. The maximum atomic E-state index is 13.9. The zero-order valence-corrected chi connectivity index (χ0v) is 21.7. The standard InChI is InChI=1S/C33H25N3O4/c1-35-27-20-12-11-19-25(27)30(40-33(39)24-17-9-4-10-18-24)29(32(35)38)26-21-28(22-13-5-2-6-14-22)36(34-26)31(37)23-15-7-3-8-16-23/h2-20,28H,21H2,1H3/t28-/m0/s1. The fourth-order valence-electron chi connectivity index (χ4n) is 5.05. The van der Waals surface area contributed by atoms with Gasteiger partial charge in [-0.05, 0) is 42.0 Å². The van der Waals surface area contributed by atoms with Crippen molar-refractivity contribution in [3.8, 4) is 5.75 Å². The predicted molar refractivity (Wildman–Crippen MR) is 154 cm³/mol. The summed E-state index contributed by atoms with van der Waals surface area (Å²) in [7, 11) is 1.67. The normalized spacial score (nSPS) is 14.7. The van der Waals surface area contributed by atoms with Crippen molar-refractivity contribution in [2.24, 2.45) is 12.1 Å². The summed E-state index contributed by atoms with van der Waals surface area (Å²) < 4.78 is 7.50. The van der Waals surface area contributed by atoms with Crippen molar-refractivity contribution in [2.75, 3.05) is 0 Å². The molecule has 0 saturated heterocycles. The van der Waals surface area contributed by atoms with Gasteiger partial charge in [-0.2, -0.15) is 5.10 Å². The number of carbonyl (C=O) groups is 2. The van der Waals surface area contributed by atoms with E-state index in [1.54, 1.807) is 61.6 Å². The summed E-state index contributed by atoms with van der Waals surface area (Å²) in [4.78, 5) is 40.8. The van der Waals surface area contributed by atoms with Crippen LogP contribution in [0.2, 0.25) is 0 Å². The van der Waals surface area contributed by atoms with Crippen LogP contribution in [0.25, 0.3) is 10.9 Å². The molecule has 7 nitrogen and oxygen atoms in total. The first-order valence-corrected chi connectivity index (χ1v) is 12.9. The van der Waals surface area contributed by atoms with E-state index >= 15 is 0 Å². The average molecular weight is 528 g/mol. The molecule has 6 rings (SSSR count). The molecule has 1 aliphatic heterocycles. The summed E-state index contributed by atoms with van der Waals surface area (Å²) in [5.41, 5.74) is 2.50. The number of hydrazone groups is 1. The summed E-state index contributed by atoms with van der Waals surface area (Å²) in [5, 5.41) is 6.76. The number of esters is 1. The number of para-hydroxylation sites is 1. The summed E-state index contributed by atoms with van der Waals surface area (Å²) in [5.74, 6) is -0.743. The fourth-order valence-corrected chi connectivity index (χ4v) is 5.05. The van der Waals surface area contributed by atoms with Crippen LogP contribution in [-0.4, -0.2) is 27.2 Å². The smallest absolute Gasteiger partial charge is 0.343 e. The van der Waals surface area contributed by atoms with Crippen molar-refractivity contribution >= 4 is 28.5 Å². The van der Waals surface area contributed by atoms with Crippen LogP contribution in [-0.2, 0) is 7.05 Å². The number of aromatic nitrogens is 1. The Morgan fingerprint density at radius 1 is 0.775 bits per heavy atom. The Morgan fingerprint density at radius 2 is 1.35 bits per heavy atom. The van der Waals surface area contributed by atoms with E-state index in [-0.39, 0.29) is 29.2 Å². The molecular weight excluding hydrogens is 502 g/mol. The first kappa shape index (κ1) is 25.0. The van der Waals surface area contributed by atoms with Crippen LogP contribution < -0.4 is 10.3 Å². The Bertz CT molecular complexity index is 1810. The second kappa shape index (κ2) is 10.5. The number of ether oxygens (including phenoxy) is 1. The Kier molecular flexibility index (Phi) is 6.54. The highest BCUT2D eigenvalue weighted by Crippen LogP contribution is 2.37. The molecule has 5 aromatic rings. The van der Waals surface area contributed by atoms with Gasteiger partial charge in [0.15, 0.2) is 5.75 Å². The Labute approximate surface area is 230 Å². The molecule has 0 fully saturated rings. The number of pyridine rings is 1. The van der Waals surface area contributed by atoms with Crippen LogP contribution in [0.3, 0.4) is 0 Å². The number of benzene rings is 4. The molecule has 0 aliphatic carbocycles. The lowest BCUT2D eigenvalue weighted by Gasteiger charge is -2.22. The van der Waals surface area contributed by atoms with Crippen molar-refractivity contribution in [1.29, 1.82) is 0 Å². The third-order valence-electron chi connectivity index (χ3n) is 7.07. The molecule has 7 heteroatoms. The van der Waals surface area contributed by atoms with E-state index in [2.05, 4.69) is 0 Å². The van der Waals surface area contributed by atoms with Gasteiger partial charge in [0.1, 0.15) is 5.56 Å².